The molecule has 0 spiro atoms. The van der Waals surface area contributed by atoms with Gasteiger partial charge in [-0.3, -0.25) is 19.9 Å². The van der Waals surface area contributed by atoms with Crippen molar-refractivity contribution in [3.05, 3.63) is 156 Å². The van der Waals surface area contributed by atoms with Gasteiger partial charge < -0.3 is 9.47 Å². The van der Waals surface area contributed by atoms with Crippen LogP contribution in [-0.2, 0) is 32.5 Å². The first-order valence-electron chi connectivity index (χ1n) is 15.4. The SMILES string of the molecule is COc1ccc(C2=C=CC(F)=C[C]2F)nc1.COc1ccc(C2=C=CC(F)=C[C]2F)nc1.FC(F)(F)c1ccc(-c2ccc(C(F)(F)F)cn2)nc1.F[P-](F)(F)(F)(F)F.[Ir]. The molecule has 4 aromatic heterocycles. The van der Waals surface area contributed by atoms with Gasteiger partial charge in [-0.05, 0) is 60.7 Å². The smallest absolute Gasteiger partial charge is 0 e. The number of allylic oxidation sites excluding steroid dienone is 6. The van der Waals surface area contributed by atoms with Gasteiger partial charge in [0.25, 0.3) is 0 Å². The van der Waals surface area contributed by atoms with Gasteiger partial charge in [0.05, 0.1) is 71.7 Å². The predicted octanol–water partition coefficient (Wildman–Crippen LogP) is 13.6. The Morgan fingerprint density at radius 1 is 0.483 bits per heavy atom. The summed E-state index contributed by atoms with van der Waals surface area (Å²) in [5, 5.41) is 0. The Morgan fingerprint density at radius 2 is 0.783 bits per heavy atom. The Kier molecular flexibility index (Phi) is 16.4. The molecule has 0 bridgehead atoms. The van der Waals surface area contributed by atoms with E-state index in [0.29, 0.717) is 35.3 Å². The van der Waals surface area contributed by atoms with Gasteiger partial charge in [-0.2, -0.15) is 26.3 Å². The Morgan fingerprint density at radius 3 is 1.00 bits per heavy atom. The number of hydrogen-bond donors (Lipinski definition) is 0. The minimum Gasteiger partial charge on any atom is 0 e. The number of pyridine rings is 4. The monoisotopic (exact) mass is 1070 g/mol. The van der Waals surface area contributed by atoms with Crippen molar-refractivity contribution >= 4 is 19.0 Å². The second-order valence-corrected chi connectivity index (χ2v) is 13.0. The summed E-state index contributed by atoms with van der Waals surface area (Å²) in [6.45, 7) is 0. The zero-order valence-electron chi connectivity index (χ0n) is 29.7. The van der Waals surface area contributed by atoms with Crippen LogP contribution in [0.25, 0.3) is 22.5 Å². The van der Waals surface area contributed by atoms with Crippen molar-refractivity contribution in [3.63, 3.8) is 0 Å². The van der Waals surface area contributed by atoms with E-state index in [1.807, 2.05) is 0 Å². The molecule has 0 aliphatic heterocycles. The third-order valence-corrected chi connectivity index (χ3v) is 6.62. The number of alkyl halides is 6. The quantitative estimate of drug-likeness (QED) is 0.113. The predicted molar refractivity (Wildman–Crippen MR) is 183 cm³/mol. The van der Waals surface area contributed by atoms with E-state index in [2.05, 4.69) is 31.4 Å². The summed E-state index contributed by atoms with van der Waals surface area (Å²) >= 11 is 0. The molecule has 6 nitrogen and oxygen atoms in total. The van der Waals surface area contributed by atoms with E-state index in [0.717, 1.165) is 48.6 Å². The van der Waals surface area contributed by atoms with Crippen LogP contribution >= 0.6 is 7.81 Å². The van der Waals surface area contributed by atoms with Gasteiger partial charge in [-0.25, -0.2) is 17.6 Å². The van der Waals surface area contributed by atoms with Crippen LogP contribution in [0.3, 0.4) is 0 Å². The topological polar surface area (TPSA) is 70.0 Å². The number of halogens is 16. The molecule has 0 atom stereocenters. The van der Waals surface area contributed by atoms with E-state index < -0.39 is 55.3 Å². The molecular formula is C36H22F16IrN4O2P-. The summed E-state index contributed by atoms with van der Waals surface area (Å²) in [4.78, 5) is 15.1. The normalized spacial score (nSPS) is 15.2. The number of methoxy groups -OCH3 is 2. The molecule has 0 aromatic carbocycles. The van der Waals surface area contributed by atoms with Crippen LogP contribution in [0.5, 0.6) is 11.5 Å². The molecule has 2 aliphatic rings. The molecule has 0 unspecified atom stereocenters. The van der Waals surface area contributed by atoms with Gasteiger partial charge in [0.15, 0.2) is 0 Å². The minimum absolute atomic E-state index is 0. The molecule has 4 heterocycles. The third-order valence-electron chi connectivity index (χ3n) is 6.62. The summed E-state index contributed by atoms with van der Waals surface area (Å²) in [7, 11) is -7.63. The van der Waals surface area contributed by atoms with E-state index in [1.165, 1.54) is 26.6 Å². The number of rotatable bonds is 5. The molecule has 0 saturated carbocycles. The van der Waals surface area contributed by atoms with Crippen molar-refractivity contribution in [3.8, 4) is 22.9 Å². The van der Waals surface area contributed by atoms with Crippen molar-refractivity contribution in [1.29, 1.82) is 0 Å². The molecule has 0 fully saturated rings. The second kappa shape index (κ2) is 19.4. The standard InChI is InChI=1S/C12H6F6N2.2C12H8F2NO.F6P.Ir/c13-11(14,15)7-1-3-9(19-5-7)10-4-2-8(6-20-10)12(16,17)18;2*1-16-9-3-5-12(15-7-9)10-4-2-8(13)6-11(10)14;1-7(2,3,4,5)6;/h1-6H;2*2-3,5-7H,1H3;;/q;;;-1;. The molecule has 24 heteroatoms. The molecule has 60 heavy (non-hydrogen) atoms. The Hall–Kier alpha value is -5.32. The number of hydrogen-bond acceptors (Lipinski definition) is 6. The molecule has 0 amide bonds. The van der Waals surface area contributed by atoms with Crippen molar-refractivity contribution in [1.82, 2.24) is 19.9 Å². The van der Waals surface area contributed by atoms with Crippen LogP contribution in [0, 0.1) is 12.3 Å². The molecule has 0 saturated heterocycles. The first-order valence-corrected chi connectivity index (χ1v) is 17.4. The zero-order chi connectivity index (χ0) is 44.5. The Balaban J connectivity index is 0.000000287. The first kappa shape index (κ1) is 50.8. The maximum Gasteiger partial charge on any atom is 0 e. The van der Waals surface area contributed by atoms with Crippen molar-refractivity contribution in [2.24, 2.45) is 0 Å². The molecular weight excluding hydrogens is 1050 g/mol. The fraction of sp³-hybridized carbons (Fsp3) is 0.111. The van der Waals surface area contributed by atoms with E-state index in [-0.39, 0.29) is 42.6 Å². The van der Waals surface area contributed by atoms with Gasteiger partial charge in [0.2, 0.25) is 12.3 Å². The molecule has 4 aromatic rings. The van der Waals surface area contributed by atoms with Crippen LogP contribution in [-0.4, -0.2) is 34.2 Å². The number of nitrogens with zero attached hydrogens (tertiary/aromatic N) is 4. The van der Waals surface area contributed by atoms with Crippen LogP contribution in [0.4, 0.5) is 69.1 Å². The fourth-order valence-corrected chi connectivity index (χ4v) is 4.01. The van der Waals surface area contributed by atoms with Gasteiger partial charge in [0, 0.05) is 44.7 Å². The summed E-state index contributed by atoms with van der Waals surface area (Å²) < 4.78 is 195. The molecule has 0 N–H and O–H groups in total. The summed E-state index contributed by atoms with van der Waals surface area (Å²) in [6, 6.07) is 10.2. The van der Waals surface area contributed by atoms with E-state index in [9.17, 15) is 69.1 Å². The molecule has 6 rings (SSSR count). The summed E-state index contributed by atoms with van der Waals surface area (Å²) in [6.07, 6.45) is -2.50. The van der Waals surface area contributed by atoms with Crippen LogP contribution in [0.1, 0.15) is 22.5 Å². The minimum atomic E-state index is -10.7. The average Bonchev–Trinajstić information content (AvgIpc) is 3.14. The fourth-order valence-electron chi connectivity index (χ4n) is 4.01. The zero-order valence-corrected chi connectivity index (χ0v) is 33.0. The molecule has 3 radical (unpaired) electrons. The van der Waals surface area contributed by atoms with Gasteiger partial charge in [-0.1, -0.05) is 0 Å². The maximum absolute atomic E-state index is 13.4. The van der Waals surface area contributed by atoms with E-state index in [1.54, 1.807) is 24.3 Å². The molecule has 2 aliphatic carbocycles. The number of ether oxygens (including phenoxy) is 2. The van der Waals surface area contributed by atoms with Crippen LogP contribution < -0.4 is 9.47 Å². The summed E-state index contributed by atoms with van der Waals surface area (Å²) in [5.74, 6) is -0.165. The molecule has 325 valence electrons. The van der Waals surface area contributed by atoms with Crippen molar-refractivity contribution in [2.45, 2.75) is 12.4 Å². The van der Waals surface area contributed by atoms with E-state index in [4.69, 9.17) is 9.47 Å². The third kappa shape index (κ3) is 17.9. The van der Waals surface area contributed by atoms with Gasteiger partial charge in [0.1, 0.15) is 23.2 Å². The van der Waals surface area contributed by atoms with Crippen LogP contribution in [0.15, 0.2) is 121 Å². The number of aromatic nitrogens is 4. The second-order valence-electron chi connectivity index (χ2n) is 11.1. The van der Waals surface area contributed by atoms with E-state index >= 15 is 0 Å². The van der Waals surface area contributed by atoms with Crippen molar-refractivity contribution < 1.29 is 98.7 Å². The Labute approximate surface area is 342 Å². The average molecular weight is 1070 g/mol. The largest absolute Gasteiger partial charge is 0 e. The maximum atomic E-state index is 13.4. The van der Waals surface area contributed by atoms with Gasteiger partial charge >= 0.3 is 45.3 Å². The van der Waals surface area contributed by atoms with Crippen LogP contribution in [0.2, 0.25) is 0 Å². The Bertz CT molecular complexity index is 2110. The summed E-state index contributed by atoms with van der Waals surface area (Å²) in [5.41, 5.74) is 4.32. The first-order chi connectivity index (χ1) is 27.0. The van der Waals surface area contributed by atoms with Gasteiger partial charge in [-0.15, -0.1) is 11.5 Å². The van der Waals surface area contributed by atoms with Crippen molar-refractivity contribution in [2.75, 3.05) is 14.2 Å².